The number of aromatic nitrogens is 2. The molecule has 2 heterocycles. The highest BCUT2D eigenvalue weighted by Crippen LogP contribution is 2.18. The van der Waals surface area contributed by atoms with Crippen molar-refractivity contribution in [2.24, 2.45) is 7.05 Å². The molecule has 0 atom stereocenters. The maximum absolute atomic E-state index is 12.5. The van der Waals surface area contributed by atoms with Crippen molar-refractivity contribution in [3.63, 3.8) is 0 Å². The zero-order valence-electron chi connectivity index (χ0n) is 15.0. The van der Waals surface area contributed by atoms with Crippen molar-refractivity contribution in [3.05, 3.63) is 40.1 Å². The molecular formula is C17H23N3O4. The molecule has 0 aliphatic rings. The van der Waals surface area contributed by atoms with Gasteiger partial charge in [-0.05, 0) is 26.8 Å². The Morgan fingerprint density at radius 3 is 2.54 bits per heavy atom. The molecule has 0 aliphatic heterocycles. The third-order valence-electron chi connectivity index (χ3n) is 4.18. The smallest absolute Gasteiger partial charge is 0.341 e. The van der Waals surface area contributed by atoms with E-state index in [4.69, 9.17) is 9.15 Å². The first-order valence-corrected chi connectivity index (χ1v) is 7.65. The van der Waals surface area contributed by atoms with Crippen molar-refractivity contribution in [1.29, 1.82) is 0 Å². The lowest BCUT2D eigenvalue weighted by molar-refractivity contribution is -0.129. The van der Waals surface area contributed by atoms with Crippen molar-refractivity contribution in [1.82, 2.24) is 14.7 Å². The Morgan fingerprint density at radius 2 is 2.00 bits per heavy atom. The Hall–Kier alpha value is -2.57. The predicted octanol–water partition coefficient (Wildman–Crippen LogP) is 1.93. The number of rotatable bonds is 5. The van der Waals surface area contributed by atoms with E-state index in [0.29, 0.717) is 17.1 Å². The first-order chi connectivity index (χ1) is 11.2. The van der Waals surface area contributed by atoms with Gasteiger partial charge in [0, 0.05) is 25.4 Å². The van der Waals surface area contributed by atoms with Crippen LogP contribution in [0.15, 0.2) is 10.5 Å². The lowest BCUT2D eigenvalue weighted by Crippen LogP contribution is -2.27. The molecular weight excluding hydrogens is 310 g/mol. The van der Waals surface area contributed by atoms with Gasteiger partial charge >= 0.3 is 5.97 Å². The van der Waals surface area contributed by atoms with Crippen LogP contribution in [0.5, 0.6) is 0 Å². The van der Waals surface area contributed by atoms with Crippen LogP contribution in [0.25, 0.3) is 0 Å². The molecule has 0 saturated heterocycles. The fourth-order valence-electron chi connectivity index (χ4n) is 2.62. The fourth-order valence-corrected chi connectivity index (χ4v) is 2.62. The van der Waals surface area contributed by atoms with E-state index in [9.17, 15) is 9.59 Å². The van der Waals surface area contributed by atoms with Crippen molar-refractivity contribution in [2.45, 2.75) is 33.7 Å². The Kier molecular flexibility index (Phi) is 5.11. The van der Waals surface area contributed by atoms with Gasteiger partial charge in [0.05, 0.1) is 25.8 Å². The van der Waals surface area contributed by atoms with Crippen molar-refractivity contribution in [3.8, 4) is 0 Å². The first kappa shape index (κ1) is 17.8. The lowest BCUT2D eigenvalue weighted by atomic mass is 10.1. The van der Waals surface area contributed by atoms with E-state index in [0.717, 1.165) is 17.0 Å². The van der Waals surface area contributed by atoms with Crippen LogP contribution in [-0.4, -0.2) is 40.7 Å². The van der Waals surface area contributed by atoms with Gasteiger partial charge in [-0.15, -0.1) is 0 Å². The molecule has 0 saturated carbocycles. The first-order valence-electron chi connectivity index (χ1n) is 7.65. The van der Waals surface area contributed by atoms with Crippen LogP contribution in [0.1, 0.15) is 38.8 Å². The summed E-state index contributed by atoms with van der Waals surface area (Å²) in [7, 11) is 4.89. The summed E-state index contributed by atoms with van der Waals surface area (Å²) in [5.74, 6) is 0.543. The molecule has 2 aromatic heterocycles. The summed E-state index contributed by atoms with van der Waals surface area (Å²) >= 11 is 0. The summed E-state index contributed by atoms with van der Waals surface area (Å²) in [5.41, 5.74) is 3.17. The number of hydrogen-bond acceptors (Lipinski definition) is 5. The summed E-state index contributed by atoms with van der Waals surface area (Å²) in [5, 5.41) is 4.33. The largest absolute Gasteiger partial charge is 0.465 e. The van der Waals surface area contributed by atoms with E-state index < -0.39 is 5.97 Å². The number of nitrogens with zero attached hydrogens (tertiary/aromatic N) is 3. The standard InChI is InChI=1S/C17H23N3O4/c1-10-14(11(2)20(5)18-10)8-16(21)19(4)9-13-7-15(12(3)24-13)17(22)23-6/h7H,8-9H2,1-6H3. The third-order valence-corrected chi connectivity index (χ3v) is 4.18. The summed E-state index contributed by atoms with van der Waals surface area (Å²) in [6, 6.07) is 1.62. The van der Waals surface area contributed by atoms with Gasteiger partial charge in [-0.3, -0.25) is 9.48 Å². The van der Waals surface area contributed by atoms with Crippen molar-refractivity contribution >= 4 is 11.9 Å². The zero-order chi connectivity index (χ0) is 18.0. The minimum Gasteiger partial charge on any atom is -0.465 e. The number of carbonyl (C=O) groups is 2. The van der Waals surface area contributed by atoms with Crippen LogP contribution in [0.3, 0.4) is 0 Å². The topological polar surface area (TPSA) is 77.6 Å². The molecule has 0 aliphatic carbocycles. The lowest BCUT2D eigenvalue weighted by Gasteiger charge is -2.15. The zero-order valence-corrected chi connectivity index (χ0v) is 15.0. The molecule has 0 unspecified atom stereocenters. The summed E-state index contributed by atoms with van der Waals surface area (Å²) < 4.78 is 12.0. The average Bonchev–Trinajstić information content (AvgIpc) is 3.00. The second kappa shape index (κ2) is 6.90. The predicted molar refractivity (Wildman–Crippen MR) is 87.6 cm³/mol. The molecule has 7 heteroatoms. The maximum atomic E-state index is 12.5. The molecule has 0 radical (unpaired) electrons. The van der Waals surface area contributed by atoms with E-state index in [1.54, 1.807) is 29.6 Å². The number of furan rings is 1. The van der Waals surface area contributed by atoms with Gasteiger partial charge in [0.15, 0.2) is 0 Å². The van der Waals surface area contributed by atoms with Crippen molar-refractivity contribution < 1.29 is 18.7 Å². The average molecular weight is 333 g/mol. The SMILES string of the molecule is COC(=O)c1cc(CN(C)C(=O)Cc2c(C)nn(C)c2C)oc1C. The van der Waals surface area contributed by atoms with E-state index in [1.807, 2.05) is 20.9 Å². The summed E-state index contributed by atoms with van der Waals surface area (Å²) in [4.78, 5) is 25.7. The number of amides is 1. The van der Waals surface area contributed by atoms with Gasteiger partial charge in [0.2, 0.25) is 5.91 Å². The highest BCUT2D eigenvalue weighted by molar-refractivity contribution is 5.90. The van der Waals surface area contributed by atoms with E-state index >= 15 is 0 Å². The summed E-state index contributed by atoms with van der Waals surface area (Å²) in [6.45, 7) is 5.82. The second-order valence-corrected chi connectivity index (χ2v) is 5.87. The van der Waals surface area contributed by atoms with Gasteiger partial charge < -0.3 is 14.1 Å². The number of aryl methyl sites for hydroxylation is 3. The van der Waals surface area contributed by atoms with Gasteiger partial charge in [-0.1, -0.05) is 0 Å². The van der Waals surface area contributed by atoms with Gasteiger partial charge in [0.1, 0.15) is 17.1 Å². The highest BCUT2D eigenvalue weighted by Gasteiger charge is 2.20. The molecule has 0 spiro atoms. The molecule has 0 bridgehead atoms. The number of methoxy groups -OCH3 is 1. The van der Waals surface area contributed by atoms with Gasteiger partial charge in [-0.25, -0.2) is 4.79 Å². The Morgan fingerprint density at radius 1 is 1.33 bits per heavy atom. The molecule has 130 valence electrons. The van der Waals surface area contributed by atoms with Crippen LogP contribution in [0, 0.1) is 20.8 Å². The number of likely N-dealkylation sites (N-methyl/N-ethyl adjacent to an activating group) is 1. The van der Waals surface area contributed by atoms with E-state index in [-0.39, 0.29) is 18.9 Å². The molecule has 0 fully saturated rings. The Balaban J connectivity index is 2.08. The van der Waals surface area contributed by atoms with Gasteiger partial charge in [-0.2, -0.15) is 5.10 Å². The molecule has 7 nitrogen and oxygen atoms in total. The highest BCUT2D eigenvalue weighted by atomic mass is 16.5. The molecule has 2 aromatic rings. The Bertz CT molecular complexity index is 773. The maximum Gasteiger partial charge on any atom is 0.341 e. The molecule has 24 heavy (non-hydrogen) atoms. The minimum absolute atomic E-state index is 0.0390. The number of carbonyl (C=O) groups excluding carboxylic acids is 2. The Labute approximate surface area is 141 Å². The second-order valence-electron chi connectivity index (χ2n) is 5.87. The summed E-state index contributed by atoms with van der Waals surface area (Å²) in [6.07, 6.45) is 0.283. The molecule has 0 N–H and O–H groups in total. The van der Waals surface area contributed by atoms with Crippen LogP contribution < -0.4 is 0 Å². The number of ether oxygens (including phenoxy) is 1. The van der Waals surface area contributed by atoms with E-state index in [1.165, 1.54) is 7.11 Å². The monoisotopic (exact) mass is 333 g/mol. The van der Waals surface area contributed by atoms with Gasteiger partial charge in [0.25, 0.3) is 0 Å². The normalized spacial score (nSPS) is 10.8. The number of hydrogen-bond donors (Lipinski definition) is 0. The van der Waals surface area contributed by atoms with Crippen molar-refractivity contribution in [2.75, 3.05) is 14.2 Å². The fraction of sp³-hybridized carbons (Fsp3) is 0.471. The molecule has 2 rings (SSSR count). The van der Waals surface area contributed by atoms with Crippen LogP contribution in [-0.2, 0) is 29.5 Å². The third kappa shape index (κ3) is 3.50. The number of esters is 1. The molecule has 1 amide bonds. The van der Waals surface area contributed by atoms with Crippen LogP contribution >= 0.6 is 0 Å². The quantitative estimate of drug-likeness (QED) is 0.781. The van der Waals surface area contributed by atoms with E-state index in [2.05, 4.69) is 5.10 Å². The molecule has 0 aromatic carbocycles. The van der Waals surface area contributed by atoms with Crippen LogP contribution in [0.2, 0.25) is 0 Å². The van der Waals surface area contributed by atoms with Crippen LogP contribution in [0.4, 0.5) is 0 Å². The minimum atomic E-state index is -0.446.